The molecule has 0 saturated heterocycles. The highest BCUT2D eigenvalue weighted by atomic mass is 19.1. The fraction of sp³-hybridized carbons (Fsp3) is 0.154. The quantitative estimate of drug-likeness (QED) is 0.542. The Bertz CT molecular complexity index is 1110. The molecular weight excluding hydrogens is 391 g/mol. The summed E-state index contributed by atoms with van der Waals surface area (Å²) in [7, 11) is 1.80. The van der Waals surface area contributed by atoms with Crippen LogP contribution >= 0.6 is 0 Å². The molecule has 0 radical (unpaired) electrons. The molecule has 1 aliphatic heterocycles. The van der Waals surface area contributed by atoms with Gasteiger partial charge in [-0.05, 0) is 35.2 Å². The second-order valence-corrected chi connectivity index (χ2v) is 7.57. The Hall–Kier alpha value is -3.73. The second kappa shape index (κ2) is 8.96. The first-order valence-electron chi connectivity index (χ1n) is 10.2. The molecule has 0 N–H and O–H groups in total. The van der Waals surface area contributed by atoms with E-state index in [1.54, 1.807) is 24.1 Å². The first-order chi connectivity index (χ1) is 15.0. The van der Waals surface area contributed by atoms with Crippen LogP contribution in [0.3, 0.4) is 0 Å². The molecular formula is C26H23FN2O2. The van der Waals surface area contributed by atoms with Gasteiger partial charge in [0, 0.05) is 20.1 Å². The van der Waals surface area contributed by atoms with Crippen LogP contribution in [0.1, 0.15) is 16.7 Å². The minimum atomic E-state index is -0.388. The monoisotopic (exact) mass is 414 g/mol. The van der Waals surface area contributed by atoms with E-state index in [1.165, 1.54) is 17.0 Å². The van der Waals surface area contributed by atoms with E-state index in [1.807, 2.05) is 60.7 Å². The van der Waals surface area contributed by atoms with Gasteiger partial charge in [0.1, 0.15) is 11.5 Å². The third-order valence-electron chi connectivity index (χ3n) is 5.39. The highest BCUT2D eigenvalue weighted by Gasteiger charge is 2.40. The lowest BCUT2D eigenvalue weighted by Gasteiger charge is -2.21. The molecule has 3 aromatic carbocycles. The number of amides is 2. The maximum atomic E-state index is 13.5. The molecule has 0 saturated carbocycles. The highest BCUT2D eigenvalue weighted by Crippen LogP contribution is 2.32. The molecule has 31 heavy (non-hydrogen) atoms. The molecule has 0 spiro atoms. The molecule has 1 heterocycles. The summed E-state index contributed by atoms with van der Waals surface area (Å²) in [6.07, 6.45) is 0.574. The fourth-order valence-corrected chi connectivity index (χ4v) is 3.82. The zero-order valence-electron chi connectivity index (χ0n) is 17.3. The number of benzene rings is 3. The van der Waals surface area contributed by atoms with Gasteiger partial charge in [0.05, 0.1) is 5.57 Å². The third kappa shape index (κ3) is 4.40. The summed E-state index contributed by atoms with van der Waals surface area (Å²) in [5.74, 6) is -1.05. The van der Waals surface area contributed by atoms with Crippen LogP contribution in [-0.4, -0.2) is 35.2 Å². The summed E-state index contributed by atoms with van der Waals surface area (Å²) < 4.78 is 13.5. The summed E-state index contributed by atoms with van der Waals surface area (Å²) in [6.45, 7) is 0.765. The lowest BCUT2D eigenvalue weighted by Crippen LogP contribution is -2.35. The van der Waals surface area contributed by atoms with E-state index in [4.69, 9.17) is 0 Å². The van der Waals surface area contributed by atoms with Crippen molar-refractivity contribution in [3.05, 3.63) is 113 Å². The van der Waals surface area contributed by atoms with Crippen molar-refractivity contribution in [1.29, 1.82) is 0 Å². The Morgan fingerprint density at radius 3 is 1.97 bits per heavy atom. The second-order valence-electron chi connectivity index (χ2n) is 7.57. The molecule has 5 heteroatoms. The van der Waals surface area contributed by atoms with Crippen LogP contribution in [-0.2, 0) is 22.6 Å². The minimum Gasteiger partial charge on any atom is -0.365 e. The van der Waals surface area contributed by atoms with Crippen LogP contribution in [0, 0.1) is 5.82 Å². The van der Waals surface area contributed by atoms with Crippen molar-refractivity contribution in [1.82, 2.24) is 9.80 Å². The molecule has 0 atom stereocenters. The van der Waals surface area contributed by atoms with E-state index in [2.05, 4.69) is 0 Å². The number of halogens is 1. The predicted molar refractivity (Wildman–Crippen MR) is 118 cm³/mol. The smallest absolute Gasteiger partial charge is 0.277 e. The Labute approximate surface area is 181 Å². The number of carbonyl (C=O) groups excluding carboxylic acids is 2. The molecule has 0 fully saturated rings. The Morgan fingerprint density at radius 1 is 0.774 bits per heavy atom. The number of rotatable bonds is 7. The standard InChI is InChI=1S/C26H23FN2O2/c1-28(18-20-10-6-3-7-11-20)24-23(21-12-14-22(27)15-13-21)25(30)29(26(24)31)17-16-19-8-4-2-5-9-19/h2-15H,16-18H2,1H3. The van der Waals surface area contributed by atoms with Gasteiger partial charge in [0.15, 0.2) is 0 Å². The summed E-state index contributed by atoms with van der Waals surface area (Å²) in [4.78, 5) is 29.8. The molecule has 3 aromatic rings. The summed E-state index contributed by atoms with van der Waals surface area (Å²) in [5, 5.41) is 0. The van der Waals surface area contributed by atoms with Gasteiger partial charge in [-0.1, -0.05) is 72.8 Å². The molecule has 156 valence electrons. The van der Waals surface area contributed by atoms with Crippen molar-refractivity contribution in [3.63, 3.8) is 0 Å². The van der Waals surface area contributed by atoms with Crippen LogP contribution in [0.25, 0.3) is 5.57 Å². The molecule has 0 bridgehead atoms. The van der Waals surface area contributed by atoms with E-state index in [0.29, 0.717) is 29.8 Å². The number of hydrogen-bond acceptors (Lipinski definition) is 3. The lowest BCUT2D eigenvalue weighted by molar-refractivity contribution is -0.137. The third-order valence-corrected chi connectivity index (χ3v) is 5.39. The van der Waals surface area contributed by atoms with Gasteiger partial charge in [-0.15, -0.1) is 0 Å². The lowest BCUT2D eigenvalue weighted by atomic mass is 10.0. The van der Waals surface area contributed by atoms with Crippen molar-refractivity contribution in [3.8, 4) is 0 Å². The van der Waals surface area contributed by atoms with Crippen molar-refractivity contribution >= 4 is 17.4 Å². The van der Waals surface area contributed by atoms with Gasteiger partial charge in [-0.3, -0.25) is 14.5 Å². The van der Waals surface area contributed by atoms with Gasteiger partial charge < -0.3 is 4.90 Å². The zero-order valence-corrected chi connectivity index (χ0v) is 17.3. The normalized spacial score (nSPS) is 13.8. The van der Waals surface area contributed by atoms with Crippen molar-refractivity contribution in [2.75, 3.05) is 13.6 Å². The maximum absolute atomic E-state index is 13.5. The van der Waals surface area contributed by atoms with Gasteiger partial charge in [0.2, 0.25) is 0 Å². The largest absolute Gasteiger partial charge is 0.365 e. The summed E-state index contributed by atoms with van der Waals surface area (Å²) >= 11 is 0. The average molecular weight is 414 g/mol. The van der Waals surface area contributed by atoms with Crippen LogP contribution in [0.2, 0.25) is 0 Å². The molecule has 4 rings (SSSR count). The minimum absolute atomic E-state index is 0.287. The highest BCUT2D eigenvalue weighted by molar-refractivity contribution is 6.35. The van der Waals surface area contributed by atoms with Gasteiger partial charge in [-0.25, -0.2) is 4.39 Å². The van der Waals surface area contributed by atoms with E-state index < -0.39 is 0 Å². The van der Waals surface area contributed by atoms with Crippen molar-refractivity contribution < 1.29 is 14.0 Å². The van der Waals surface area contributed by atoms with E-state index in [-0.39, 0.29) is 24.2 Å². The molecule has 0 unspecified atom stereocenters. The first kappa shape index (κ1) is 20.5. The fourth-order valence-electron chi connectivity index (χ4n) is 3.82. The maximum Gasteiger partial charge on any atom is 0.277 e. The number of imide groups is 1. The molecule has 1 aliphatic rings. The molecule has 2 amide bonds. The topological polar surface area (TPSA) is 40.6 Å². The molecule has 0 aliphatic carbocycles. The summed E-state index contributed by atoms with van der Waals surface area (Å²) in [6, 6.07) is 25.2. The SMILES string of the molecule is CN(Cc1ccccc1)C1=C(c2ccc(F)cc2)C(=O)N(CCc2ccccc2)C1=O. The van der Waals surface area contributed by atoms with Gasteiger partial charge in [-0.2, -0.15) is 0 Å². The van der Waals surface area contributed by atoms with Crippen molar-refractivity contribution in [2.24, 2.45) is 0 Å². The summed E-state index contributed by atoms with van der Waals surface area (Å²) in [5.41, 5.74) is 3.28. The zero-order chi connectivity index (χ0) is 21.8. The Kier molecular flexibility index (Phi) is 5.94. The van der Waals surface area contributed by atoms with Gasteiger partial charge >= 0.3 is 0 Å². The Morgan fingerprint density at radius 2 is 1.35 bits per heavy atom. The van der Waals surface area contributed by atoms with E-state index in [9.17, 15) is 14.0 Å². The number of nitrogens with zero attached hydrogens (tertiary/aromatic N) is 2. The van der Waals surface area contributed by atoms with Gasteiger partial charge in [0.25, 0.3) is 11.8 Å². The number of likely N-dealkylation sites (N-methyl/N-ethyl adjacent to an activating group) is 1. The first-order valence-corrected chi connectivity index (χ1v) is 10.2. The average Bonchev–Trinajstić information content (AvgIpc) is 3.04. The number of carbonyl (C=O) groups is 2. The predicted octanol–water partition coefficient (Wildman–Crippen LogP) is 4.28. The molecule has 4 nitrogen and oxygen atoms in total. The van der Waals surface area contributed by atoms with Crippen LogP contribution < -0.4 is 0 Å². The van der Waals surface area contributed by atoms with Crippen molar-refractivity contribution in [2.45, 2.75) is 13.0 Å². The van der Waals surface area contributed by atoms with Crippen LogP contribution in [0.5, 0.6) is 0 Å². The molecule has 0 aromatic heterocycles. The Balaban J connectivity index is 1.66. The van der Waals surface area contributed by atoms with Crippen LogP contribution in [0.4, 0.5) is 4.39 Å². The van der Waals surface area contributed by atoms with E-state index in [0.717, 1.165) is 11.1 Å². The van der Waals surface area contributed by atoms with E-state index >= 15 is 0 Å². The van der Waals surface area contributed by atoms with Crippen LogP contribution in [0.15, 0.2) is 90.6 Å². The number of hydrogen-bond donors (Lipinski definition) is 0.